The number of hydrogen-bond donors (Lipinski definition) is 1. The van der Waals surface area contributed by atoms with Gasteiger partial charge in [-0.25, -0.2) is 13.4 Å². The molecule has 35 heavy (non-hydrogen) atoms. The molecule has 0 aliphatic rings. The van der Waals surface area contributed by atoms with Crippen LogP contribution in [0.25, 0.3) is 22.2 Å². The maximum absolute atomic E-state index is 12.0. The molecule has 178 valence electrons. The number of anilines is 1. The van der Waals surface area contributed by atoms with Gasteiger partial charge in [-0.2, -0.15) is 0 Å². The molecule has 0 aliphatic carbocycles. The van der Waals surface area contributed by atoms with Gasteiger partial charge in [-0.15, -0.1) is 0 Å². The van der Waals surface area contributed by atoms with Crippen molar-refractivity contribution in [2.45, 2.75) is 18.9 Å². The number of hydrogen-bond acceptors (Lipinski definition) is 4. The van der Waals surface area contributed by atoms with E-state index in [4.69, 9.17) is 21.0 Å². The monoisotopic (exact) mass is 505 g/mol. The molecule has 0 saturated heterocycles. The summed E-state index contributed by atoms with van der Waals surface area (Å²) in [5, 5.41) is 1.41. The fraction of sp³-hybridized carbons (Fsp3) is 0.148. The molecule has 1 N–H and O–H groups in total. The number of rotatable bonds is 7. The Morgan fingerprint density at radius 1 is 1.00 bits per heavy atom. The van der Waals surface area contributed by atoms with E-state index in [0.29, 0.717) is 23.0 Å². The minimum Gasteiger partial charge on any atom is -0.445 e. The number of nitrogens with one attached hydrogen (secondary N) is 1. The van der Waals surface area contributed by atoms with Crippen LogP contribution in [0.2, 0.25) is 5.02 Å². The molecule has 0 radical (unpaired) electrons. The average Bonchev–Trinajstić information content (AvgIpc) is 3.50. The highest BCUT2D eigenvalue weighted by molar-refractivity contribution is 7.92. The van der Waals surface area contributed by atoms with Crippen LogP contribution < -0.4 is 4.72 Å². The largest absolute Gasteiger partial charge is 0.445 e. The molecule has 1 unspecified atom stereocenters. The molecule has 5 rings (SSSR count). The predicted octanol–water partition coefficient (Wildman–Crippen LogP) is 6.52. The van der Waals surface area contributed by atoms with E-state index in [9.17, 15) is 8.42 Å². The number of fused-ring (bicyclic) bond motifs is 1. The third-order valence-electron chi connectivity index (χ3n) is 6.20. The van der Waals surface area contributed by atoms with Crippen molar-refractivity contribution in [1.82, 2.24) is 9.55 Å². The van der Waals surface area contributed by atoms with Crippen LogP contribution in [0.5, 0.6) is 0 Å². The first-order chi connectivity index (χ1) is 16.8. The lowest BCUT2D eigenvalue weighted by Crippen LogP contribution is -2.35. The Morgan fingerprint density at radius 3 is 2.43 bits per heavy atom. The molecule has 0 spiro atoms. The van der Waals surface area contributed by atoms with Crippen LogP contribution >= 0.6 is 11.6 Å². The van der Waals surface area contributed by atoms with Crippen molar-refractivity contribution in [2.24, 2.45) is 0 Å². The van der Waals surface area contributed by atoms with Gasteiger partial charge in [-0.05, 0) is 42.3 Å². The number of benzene rings is 3. The molecule has 0 aliphatic heterocycles. The van der Waals surface area contributed by atoms with E-state index in [1.165, 1.54) is 0 Å². The fourth-order valence-corrected chi connectivity index (χ4v) is 5.31. The summed E-state index contributed by atoms with van der Waals surface area (Å²) in [6.45, 7) is 2.07. The SMILES string of the molecule is CCC(c1ccc(Cl)cc1)(c1nc(-c2ccccc2)co1)n1ccc2c(NS(C)(=O)=O)cccc21. The van der Waals surface area contributed by atoms with E-state index in [0.717, 1.165) is 34.0 Å². The standard InChI is InChI=1S/C27H24ClN3O3S/c1-3-27(20-12-14-21(28)15-13-20,26-29-24(18-34-26)19-8-5-4-6-9-19)31-17-16-22-23(30-35(2,32)33)10-7-11-25(22)31/h4-18,30H,3H2,1-2H3. The molecule has 0 bridgehead atoms. The van der Waals surface area contributed by atoms with Crippen molar-refractivity contribution >= 4 is 38.2 Å². The smallest absolute Gasteiger partial charge is 0.229 e. The van der Waals surface area contributed by atoms with Gasteiger partial charge in [0, 0.05) is 22.2 Å². The van der Waals surface area contributed by atoms with E-state index >= 15 is 0 Å². The Bertz CT molecular complexity index is 1590. The molecule has 0 amide bonds. The normalized spacial score (nSPS) is 13.6. The van der Waals surface area contributed by atoms with Crippen LogP contribution in [-0.4, -0.2) is 24.2 Å². The summed E-state index contributed by atoms with van der Waals surface area (Å²) in [6.07, 6.45) is 5.39. The maximum atomic E-state index is 12.0. The summed E-state index contributed by atoms with van der Waals surface area (Å²) >= 11 is 6.23. The van der Waals surface area contributed by atoms with Crippen LogP contribution in [0, 0.1) is 0 Å². The third-order valence-corrected chi connectivity index (χ3v) is 7.04. The van der Waals surface area contributed by atoms with Crippen molar-refractivity contribution in [2.75, 3.05) is 11.0 Å². The van der Waals surface area contributed by atoms with E-state index in [2.05, 4.69) is 16.2 Å². The van der Waals surface area contributed by atoms with Gasteiger partial charge in [-0.1, -0.05) is 67.1 Å². The summed E-state index contributed by atoms with van der Waals surface area (Å²) in [5.41, 5.74) is 3.20. The van der Waals surface area contributed by atoms with Gasteiger partial charge < -0.3 is 8.98 Å². The highest BCUT2D eigenvalue weighted by Crippen LogP contribution is 2.42. The summed E-state index contributed by atoms with van der Waals surface area (Å²) in [5.74, 6) is 0.528. The quantitative estimate of drug-likeness (QED) is 0.273. The van der Waals surface area contributed by atoms with Crippen LogP contribution in [0.15, 0.2) is 95.7 Å². The second kappa shape index (κ2) is 8.91. The second-order valence-corrected chi connectivity index (χ2v) is 10.6. The van der Waals surface area contributed by atoms with E-state index in [1.807, 2.05) is 79.0 Å². The van der Waals surface area contributed by atoms with Gasteiger partial charge in [-0.3, -0.25) is 4.72 Å². The minimum atomic E-state index is -3.44. The number of oxazole rings is 1. The van der Waals surface area contributed by atoms with Gasteiger partial charge >= 0.3 is 0 Å². The zero-order valence-corrected chi connectivity index (χ0v) is 20.8. The molecule has 2 heterocycles. The number of sulfonamides is 1. The van der Waals surface area contributed by atoms with Crippen molar-refractivity contribution < 1.29 is 12.8 Å². The van der Waals surface area contributed by atoms with E-state index < -0.39 is 15.6 Å². The number of aromatic nitrogens is 2. The maximum Gasteiger partial charge on any atom is 0.229 e. The Balaban J connectivity index is 1.76. The van der Waals surface area contributed by atoms with Crippen LogP contribution in [0.4, 0.5) is 5.69 Å². The van der Waals surface area contributed by atoms with E-state index in [-0.39, 0.29) is 0 Å². The topological polar surface area (TPSA) is 77.1 Å². The Hall–Kier alpha value is -3.55. The van der Waals surface area contributed by atoms with Crippen molar-refractivity contribution in [3.05, 3.63) is 108 Å². The summed E-state index contributed by atoms with van der Waals surface area (Å²) in [4.78, 5) is 4.94. The van der Waals surface area contributed by atoms with Gasteiger partial charge in [0.25, 0.3) is 0 Å². The highest BCUT2D eigenvalue weighted by atomic mass is 35.5. The first kappa shape index (κ1) is 23.2. The first-order valence-electron chi connectivity index (χ1n) is 11.2. The molecule has 1 atom stereocenters. The molecule has 6 nitrogen and oxygen atoms in total. The number of nitrogens with zero attached hydrogens (tertiary/aromatic N) is 2. The zero-order chi connectivity index (χ0) is 24.6. The summed E-state index contributed by atoms with van der Waals surface area (Å²) < 4.78 is 34.8. The highest BCUT2D eigenvalue weighted by Gasteiger charge is 2.40. The summed E-state index contributed by atoms with van der Waals surface area (Å²) in [6, 6.07) is 25.0. The summed E-state index contributed by atoms with van der Waals surface area (Å²) in [7, 11) is -3.44. The molecule has 2 aromatic heterocycles. The molecule has 8 heteroatoms. The lowest BCUT2D eigenvalue weighted by Gasteiger charge is -2.33. The van der Waals surface area contributed by atoms with Gasteiger partial charge in [0.1, 0.15) is 17.5 Å². The Morgan fingerprint density at radius 2 is 1.74 bits per heavy atom. The average molecular weight is 506 g/mol. The molecular formula is C27H24ClN3O3S. The van der Waals surface area contributed by atoms with Gasteiger partial charge in [0.15, 0.2) is 0 Å². The first-order valence-corrected chi connectivity index (χ1v) is 13.4. The van der Waals surface area contributed by atoms with Crippen LogP contribution in [0.1, 0.15) is 24.8 Å². The molecule has 5 aromatic rings. The molecular weight excluding hydrogens is 482 g/mol. The van der Waals surface area contributed by atoms with Crippen molar-refractivity contribution in [3.63, 3.8) is 0 Å². The fourth-order valence-electron chi connectivity index (χ4n) is 4.61. The predicted molar refractivity (Wildman–Crippen MR) is 140 cm³/mol. The minimum absolute atomic E-state index is 0.516. The van der Waals surface area contributed by atoms with Crippen LogP contribution in [0.3, 0.4) is 0 Å². The zero-order valence-electron chi connectivity index (χ0n) is 19.3. The lowest BCUT2D eigenvalue weighted by molar-refractivity contribution is 0.321. The number of halogens is 1. The molecule has 0 saturated carbocycles. The molecule has 0 fully saturated rings. The van der Waals surface area contributed by atoms with E-state index in [1.54, 1.807) is 12.3 Å². The van der Waals surface area contributed by atoms with Crippen molar-refractivity contribution in [3.8, 4) is 11.3 Å². The second-order valence-electron chi connectivity index (χ2n) is 8.42. The van der Waals surface area contributed by atoms with Crippen molar-refractivity contribution in [1.29, 1.82) is 0 Å². The van der Waals surface area contributed by atoms with Gasteiger partial charge in [0.05, 0.1) is 17.5 Å². The Kier molecular flexibility index (Phi) is 5.91. The van der Waals surface area contributed by atoms with Crippen LogP contribution in [-0.2, 0) is 15.6 Å². The lowest BCUT2D eigenvalue weighted by atomic mass is 9.86. The van der Waals surface area contributed by atoms with Gasteiger partial charge in [0.2, 0.25) is 15.9 Å². The third kappa shape index (κ3) is 4.22. The molecule has 3 aromatic carbocycles. The Labute approximate surface area is 209 Å².